The first-order chi connectivity index (χ1) is 8.91. The van der Waals surface area contributed by atoms with Gasteiger partial charge in [0.1, 0.15) is 0 Å². The highest BCUT2D eigenvalue weighted by molar-refractivity contribution is 5.97. The van der Waals surface area contributed by atoms with Crippen LogP contribution in [0.25, 0.3) is 0 Å². The maximum absolute atomic E-state index is 12.4. The lowest BCUT2D eigenvalue weighted by atomic mass is 9.97. The summed E-state index contributed by atoms with van der Waals surface area (Å²) in [5.41, 5.74) is 4.20. The van der Waals surface area contributed by atoms with Gasteiger partial charge in [-0.05, 0) is 58.2 Å². The third-order valence-electron chi connectivity index (χ3n) is 4.00. The van der Waals surface area contributed by atoms with Gasteiger partial charge in [0.25, 0.3) is 5.91 Å². The molecular weight excluding hydrogens is 236 g/mol. The molecule has 0 aliphatic carbocycles. The van der Waals surface area contributed by atoms with Crippen molar-refractivity contribution in [3.8, 4) is 0 Å². The molecular formula is C16H24N2O. The minimum atomic E-state index is 0.0462. The highest BCUT2D eigenvalue weighted by Crippen LogP contribution is 2.19. The number of carbonyl (C=O) groups excluding carboxylic acids is 1. The molecule has 1 heterocycles. The van der Waals surface area contributed by atoms with Crippen LogP contribution in [0.2, 0.25) is 0 Å². The fourth-order valence-electron chi connectivity index (χ4n) is 3.01. The van der Waals surface area contributed by atoms with Gasteiger partial charge in [-0.2, -0.15) is 0 Å². The van der Waals surface area contributed by atoms with Crippen LogP contribution in [0.1, 0.15) is 46.8 Å². The third kappa shape index (κ3) is 3.16. The molecule has 1 aliphatic rings. The normalized spacial score (nSPS) is 22.5. The lowest BCUT2D eigenvalue weighted by Crippen LogP contribution is -2.47. The van der Waals surface area contributed by atoms with Crippen molar-refractivity contribution < 1.29 is 4.79 Å². The molecule has 2 rings (SSSR count). The van der Waals surface area contributed by atoms with Gasteiger partial charge in [0, 0.05) is 17.6 Å². The number of benzene rings is 1. The summed E-state index contributed by atoms with van der Waals surface area (Å²) in [6.07, 6.45) is 2.31. The summed E-state index contributed by atoms with van der Waals surface area (Å²) in [6.45, 7) is 9.99. The van der Waals surface area contributed by atoms with Gasteiger partial charge in [-0.25, -0.2) is 0 Å². The van der Waals surface area contributed by atoms with Crippen molar-refractivity contribution >= 4 is 5.91 Å². The van der Waals surface area contributed by atoms with Crippen molar-refractivity contribution in [2.24, 2.45) is 0 Å². The average molecular weight is 260 g/mol. The summed E-state index contributed by atoms with van der Waals surface area (Å²) in [5.74, 6) is 0.0462. The lowest BCUT2D eigenvalue weighted by molar-refractivity contribution is 0.0941. The number of aryl methyl sites for hydroxylation is 3. The first-order valence-corrected chi connectivity index (χ1v) is 7.02. The molecule has 0 spiro atoms. The van der Waals surface area contributed by atoms with Crippen LogP contribution in [0.3, 0.4) is 0 Å². The number of rotatable bonds is 3. The van der Waals surface area contributed by atoms with Crippen molar-refractivity contribution in [3.05, 3.63) is 34.4 Å². The standard InChI is InChI=1S/C16H24N2O/c1-11-8-12(2)14(13(3)9-11)15(19)17-10-16(4)6-5-7-18-16/h8-9,18H,5-7,10H2,1-4H3,(H,17,19). The van der Waals surface area contributed by atoms with Crippen LogP contribution in [-0.2, 0) is 0 Å². The van der Waals surface area contributed by atoms with Crippen LogP contribution in [0.15, 0.2) is 12.1 Å². The predicted molar refractivity (Wildman–Crippen MR) is 78.6 cm³/mol. The fraction of sp³-hybridized carbons (Fsp3) is 0.562. The van der Waals surface area contributed by atoms with Gasteiger partial charge in [-0.3, -0.25) is 4.79 Å². The number of carbonyl (C=O) groups is 1. The molecule has 0 aromatic heterocycles. The zero-order valence-corrected chi connectivity index (χ0v) is 12.4. The van der Waals surface area contributed by atoms with Gasteiger partial charge < -0.3 is 10.6 Å². The second-order valence-electron chi connectivity index (χ2n) is 6.05. The van der Waals surface area contributed by atoms with Crippen molar-refractivity contribution in [1.82, 2.24) is 10.6 Å². The van der Waals surface area contributed by atoms with E-state index in [0.717, 1.165) is 29.7 Å². The Labute approximate surface area is 115 Å². The van der Waals surface area contributed by atoms with Crippen molar-refractivity contribution in [3.63, 3.8) is 0 Å². The number of amides is 1. The quantitative estimate of drug-likeness (QED) is 0.876. The lowest BCUT2D eigenvalue weighted by Gasteiger charge is -2.25. The van der Waals surface area contributed by atoms with E-state index >= 15 is 0 Å². The summed E-state index contributed by atoms with van der Waals surface area (Å²) in [6, 6.07) is 4.13. The molecule has 1 aliphatic heterocycles. The van der Waals surface area contributed by atoms with E-state index in [-0.39, 0.29) is 11.4 Å². The maximum atomic E-state index is 12.4. The van der Waals surface area contributed by atoms with Gasteiger partial charge in [-0.15, -0.1) is 0 Å². The van der Waals surface area contributed by atoms with E-state index < -0.39 is 0 Å². The van der Waals surface area contributed by atoms with Crippen molar-refractivity contribution in [1.29, 1.82) is 0 Å². The summed E-state index contributed by atoms with van der Waals surface area (Å²) < 4.78 is 0. The molecule has 2 N–H and O–H groups in total. The van der Waals surface area contributed by atoms with E-state index in [0.29, 0.717) is 6.54 Å². The highest BCUT2D eigenvalue weighted by atomic mass is 16.1. The highest BCUT2D eigenvalue weighted by Gasteiger charge is 2.28. The molecule has 1 aromatic rings. The van der Waals surface area contributed by atoms with E-state index in [1.165, 1.54) is 12.0 Å². The van der Waals surface area contributed by atoms with Crippen LogP contribution < -0.4 is 10.6 Å². The average Bonchev–Trinajstić information content (AvgIpc) is 2.73. The SMILES string of the molecule is Cc1cc(C)c(C(=O)NCC2(C)CCCN2)c(C)c1. The van der Waals surface area contributed by atoms with E-state index in [2.05, 4.69) is 36.6 Å². The largest absolute Gasteiger partial charge is 0.350 e. The Morgan fingerprint density at radius 1 is 1.32 bits per heavy atom. The molecule has 1 saturated heterocycles. The van der Waals surface area contributed by atoms with Gasteiger partial charge in [0.15, 0.2) is 0 Å². The van der Waals surface area contributed by atoms with Crippen LogP contribution in [0, 0.1) is 20.8 Å². The molecule has 0 bridgehead atoms. The third-order valence-corrected chi connectivity index (χ3v) is 4.00. The Morgan fingerprint density at radius 3 is 2.47 bits per heavy atom. The molecule has 1 aromatic carbocycles. The summed E-state index contributed by atoms with van der Waals surface area (Å²) in [4.78, 5) is 12.4. The minimum absolute atomic E-state index is 0.0462. The predicted octanol–water partition coefficient (Wildman–Crippen LogP) is 2.48. The van der Waals surface area contributed by atoms with Gasteiger partial charge in [0.2, 0.25) is 0 Å². The summed E-state index contributed by atoms with van der Waals surface area (Å²) in [5, 5.41) is 6.54. The molecule has 3 nitrogen and oxygen atoms in total. The van der Waals surface area contributed by atoms with Crippen LogP contribution in [0.4, 0.5) is 0 Å². The molecule has 104 valence electrons. The van der Waals surface area contributed by atoms with E-state index in [4.69, 9.17) is 0 Å². The Morgan fingerprint density at radius 2 is 1.95 bits per heavy atom. The molecule has 1 fully saturated rings. The van der Waals surface area contributed by atoms with Crippen molar-refractivity contribution in [2.75, 3.05) is 13.1 Å². The second-order valence-corrected chi connectivity index (χ2v) is 6.05. The first kappa shape index (κ1) is 14.1. The Bertz CT molecular complexity index is 465. The fourth-order valence-corrected chi connectivity index (χ4v) is 3.01. The molecule has 3 heteroatoms. The Hall–Kier alpha value is -1.35. The number of hydrogen-bond donors (Lipinski definition) is 2. The van der Waals surface area contributed by atoms with Gasteiger partial charge in [0.05, 0.1) is 0 Å². The molecule has 1 amide bonds. The summed E-state index contributed by atoms with van der Waals surface area (Å²) in [7, 11) is 0. The minimum Gasteiger partial charge on any atom is -0.350 e. The molecule has 1 atom stereocenters. The zero-order chi connectivity index (χ0) is 14.0. The van der Waals surface area contributed by atoms with E-state index in [9.17, 15) is 4.79 Å². The Balaban J connectivity index is 2.08. The molecule has 19 heavy (non-hydrogen) atoms. The van der Waals surface area contributed by atoms with Crippen LogP contribution >= 0.6 is 0 Å². The maximum Gasteiger partial charge on any atom is 0.251 e. The topological polar surface area (TPSA) is 41.1 Å². The van der Waals surface area contributed by atoms with Crippen molar-refractivity contribution in [2.45, 2.75) is 46.1 Å². The number of hydrogen-bond acceptors (Lipinski definition) is 2. The van der Waals surface area contributed by atoms with Crippen LogP contribution in [0.5, 0.6) is 0 Å². The molecule has 1 unspecified atom stereocenters. The van der Waals surface area contributed by atoms with Gasteiger partial charge >= 0.3 is 0 Å². The number of nitrogens with one attached hydrogen (secondary N) is 2. The van der Waals surface area contributed by atoms with Gasteiger partial charge in [-0.1, -0.05) is 17.7 Å². The van der Waals surface area contributed by atoms with Crippen LogP contribution in [-0.4, -0.2) is 24.5 Å². The summed E-state index contributed by atoms with van der Waals surface area (Å²) >= 11 is 0. The molecule has 0 radical (unpaired) electrons. The smallest absolute Gasteiger partial charge is 0.251 e. The van der Waals surface area contributed by atoms with E-state index in [1.54, 1.807) is 0 Å². The first-order valence-electron chi connectivity index (χ1n) is 7.02. The molecule has 0 saturated carbocycles. The zero-order valence-electron chi connectivity index (χ0n) is 12.4. The monoisotopic (exact) mass is 260 g/mol. The Kier molecular flexibility index (Phi) is 3.95. The van der Waals surface area contributed by atoms with E-state index in [1.807, 2.05) is 13.8 Å². The second kappa shape index (κ2) is 5.33.